The van der Waals surface area contributed by atoms with Gasteiger partial charge < -0.3 is 4.74 Å². The van der Waals surface area contributed by atoms with Gasteiger partial charge in [0.15, 0.2) is 0 Å². The van der Waals surface area contributed by atoms with Crippen LogP contribution in [0.25, 0.3) is 0 Å². The molecular formula is C8H12N2O. The zero-order chi connectivity index (χ0) is 8.27. The van der Waals surface area contributed by atoms with E-state index in [1.54, 1.807) is 19.5 Å². The summed E-state index contributed by atoms with van der Waals surface area (Å²) in [4.78, 5) is 8.20. The van der Waals surface area contributed by atoms with Crippen molar-refractivity contribution in [2.45, 2.75) is 19.8 Å². The van der Waals surface area contributed by atoms with E-state index in [0.29, 0.717) is 11.8 Å². The lowest BCUT2D eigenvalue weighted by atomic mass is 10.1. The average Bonchev–Trinajstić information content (AvgIpc) is 2.05. The zero-order valence-electron chi connectivity index (χ0n) is 7.03. The van der Waals surface area contributed by atoms with Gasteiger partial charge in [-0.05, 0) is 5.92 Å². The minimum atomic E-state index is 0.401. The first-order valence-corrected chi connectivity index (χ1v) is 3.60. The maximum atomic E-state index is 4.93. The molecule has 3 heteroatoms. The van der Waals surface area contributed by atoms with Gasteiger partial charge in [-0.3, -0.25) is 4.98 Å². The van der Waals surface area contributed by atoms with E-state index >= 15 is 0 Å². The molecule has 0 N–H and O–H groups in total. The molecule has 0 aliphatic rings. The normalized spacial score (nSPS) is 10.2. The largest absolute Gasteiger partial charge is 0.480 e. The second-order valence-corrected chi connectivity index (χ2v) is 2.64. The third-order valence-corrected chi connectivity index (χ3v) is 1.43. The highest BCUT2D eigenvalue weighted by Crippen LogP contribution is 2.12. The molecule has 0 unspecified atom stereocenters. The van der Waals surface area contributed by atoms with Crippen molar-refractivity contribution in [2.75, 3.05) is 7.11 Å². The summed E-state index contributed by atoms with van der Waals surface area (Å²) < 4.78 is 4.93. The summed E-state index contributed by atoms with van der Waals surface area (Å²) in [5, 5.41) is 0. The SMILES string of the molecule is COc1cncc(C(C)C)n1. The maximum absolute atomic E-state index is 4.93. The Balaban J connectivity index is 2.91. The van der Waals surface area contributed by atoms with Gasteiger partial charge in [0, 0.05) is 6.20 Å². The van der Waals surface area contributed by atoms with Crippen molar-refractivity contribution in [1.82, 2.24) is 9.97 Å². The van der Waals surface area contributed by atoms with Crippen LogP contribution in [0.5, 0.6) is 5.88 Å². The first kappa shape index (κ1) is 7.98. The lowest BCUT2D eigenvalue weighted by Gasteiger charge is -2.04. The van der Waals surface area contributed by atoms with Gasteiger partial charge in [0.2, 0.25) is 5.88 Å². The average molecular weight is 152 g/mol. The molecule has 0 atom stereocenters. The highest BCUT2D eigenvalue weighted by molar-refractivity contribution is 5.10. The molecule has 0 fully saturated rings. The standard InChI is InChI=1S/C8H12N2O/c1-6(2)7-4-9-5-8(10-7)11-3/h4-6H,1-3H3. The van der Waals surface area contributed by atoms with Crippen LogP contribution in [0.3, 0.4) is 0 Å². The monoisotopic (exact) mass is 152 g/mol. The van der Waals surface area contributed by atoms with Gasteiger partial charge in [-0.15, -0.1) is 0 Å². The Morgan fingerprint density at radius 2 is 2.09 bits per heavy atom. The van der Waals surface area contributed by atoms with Gasteiger partial charge >= 0.3 is 0 Å². The van der Waals surface area contributed by atoms with Crippen molar-refractivity contribution < 1.29 is 4.74 Å². The minimum absolute atomic E-state index is 0.401. The van der Waals surface area contributed by atoms with Crippen LogP contribution in [-0.4, -0.2) is 17.1 Å². The van der Waals surface area contributed by atoms with Crippen LogP contribution >= 0.6 is 0 Å². The van der Waals surface area contributed by atoms with Gasteiger partial charge in [-0.25, -0.2) is 4.98 Å². The quantitative estimate of drug-likeness (QED) is 0.645. The van der Waals surface area contributed by atoms with E-state index in [1.165, 1.54) is 0 Å². The Morgan fingerprint density at radius 3 is 2.64 bits per heavy atom. The third-order valence-electron chi connectivity index (χ3n) is 1.43. The van der Waals surface area contributed by atoms with Crippen LogP contribution in [-0.2, 0) is 0 Å². The van der Waals surface area contributed by atoms with Crippen molar-refractivity contribution in [2.24, 2.45) is 0 Å². The first-order valence-electron chi connectivity index (χ1n) is 3.60. The molecule has 0 aliphatic carbocycles. The van der Waals surface area contributed by atoms with Crippen LogP contribution in [0.1, 0.15) is 25.5 Å². The second kappa shape index (κ2) is 3.32. The number of ether oxygens (including phenoxy) is 1. The fraction of sp³-hybridized carbons (Fsp3) is 0.500. The summed E-state index contributed by atoms with van der Waals surface area (Å²) in [6.07, 6.45) is 3.36. The molecule has 0 bridgehead atoms. The molecule has 0 saturated heterocycles. The van der Waals surface area contributed by atoms with Crippen LogP contribution < -0.4 is 4.74 Å². The lowest BCUT2D eigenvalue weighted by Crippen LogP contribution is -1.96. The van der Waals surface area contributed by atoms with Gasteiger partial charge in [0.1, 0.15) is 0 Å². The molecule has 1 heterocycles. The van der Waals surface area contributed by atoms with Crippen molar-refractivity contribution in [1.29, 1.82) is 0 Å². The molecule has 0 aromatic carbocycles. The molecule has 0 amide bonds. The number of aromatic nitrogens is 2. The summed E-state index contributed by atoms with van der Waals surface area (Å²) in [5.74, 6) is 0.980. The van der Waals surface area contributed by atoms with Crippen LogP contribution in [0.15, 0.2) is 12.4 Å². The minimum Gasteiger partial charge on any atom is -0.480 e. The summed E-state index contributed by atoms with van der Waals surface area (Å²) in [6, 6.07) is 0. The molecular weight excluding hydrogens is 140 g/mol. The molecule has 0 spiro atoms. The molecule has 11 heavy (non-hydrogen) atoms. The molecule has 0 aliphatic heterocycles. The Labute approximate surface area is 66.4 Å². The lowest BCUT2D eigenvalue weighted by molar-refractivity contribution is 0.393. The summed E-state index contributed by atoms with van der Waals surface area (Å²) in [6.45, 7) is 4.15. The van der Waals surface area contributed by atoms with E-state index in [-0.39, 0.29) is 0 Å². The van der Waals surface area contributed by atoms with E-state index in [9.17, 15) is 0 Å². The molecule has 0 saturated carbocycles. The number of rotatable bonds is 2. The Bertz CT molecular complexity index is 235. The molecule has 1 rings (SSSR count). The van der Waals surface area contributed by atoms with E-state index in [4.69, 9.17) is 4.74 Å². The predicted molar refractivity (Wildman–Crippen MR) is 42.7 cm³/mol. The van der Waals surface area contributed by atoms with Gasteiger partial charge in [0.05, 0.1) is 19.0 Å². The van der Waals surface area contributed by atoms with Gasteiger partial charge in [-0.1, -0.05) is 13.8 Å². The maximum Gasteiger partial charge on any atom is 0.232 e. The fourth-order valence-corrected chi connectivity index (χ4v) is 0.739. The molecule has 1 aromatic heterocycles. The number of hydrogen-bond acceptors (Lipinski definition) is 3. The smallest absolute Gasteiger partial charge is 0.232 e. The summed E-state index contributed by atoms with van der Waals surface area (Å²) in [5.41, 5.74) is 0.962. The van der Waals surface area contributed by atoms with Crippen molar-refractivity contribution in [3.63, 3.8) is 0 Å². The van der Waals surface area contributed by atoms with Crippen molar-refractivity contribution in [3.8, 4) is 5.88 Å². The highest BCUT2D eigenvalue weighted by atomic mass is 16.5. The van der Waals surface area contributed by atoms with E-state index in [1.807, 2.05) is 0 Å². The Kier molecular flexibility index (Phi) is 2.41. The second-order valence-electron chi connectivity index (χ2n) is 2.64. The van der Waals surface area contributed by atoms with E-state index in [2.05, 4.69) is 23.8 Å². The predicted octanol–water partition coefficient (Wildman–Crippen LogP) is 1.61. The topological polar surface area (TPSA) is 35.0 Å². The highest BCUT2D eigenvalue weighted by Gasteiger charge is 2.01. The van der Waals surface area contributed by atoms with Gasteiger partial charge in [-0.2, -0.15) is 0 Å². The van der Waals surface area contributed by atoms with Crippen molar-refractivity contribution in [3.05, 3.63) is 18.1 Å². The van der Waals surface area contributed by atoms with E-state index in [0.717, 1.165) is 5.69 Å². The van der Waals surface area contributed by atoms with Gasteiger partial charge in [0.25, 0.3) is 0 Å². The fourth-order valence-electron chi connectivity index (χ4n) is 0.739. The number of hydrogen-bond donors (Lipinski definition) is 0. The summed E-state index contributed by atoms with van der Waals surface area (Å²) in [7, 11) is 1.59. The molecule has 0 radical (unpaired) electrons. The van der Waals surface area contributed by atoms with Crippen LogP contribution in [0.2, 0.25) is 0 Å². The Hall–Kier alpha value is -1.12. The zero-order valence-corrected chi connectivity index (χ0v) is 7.03. The van der Waals surface area contributed by atoms with Crippen LogP contribution in [0, 0.1) is 0 Å². The number of methoxy groups -OCH3 is 1. The molecule has 3 nitrogen and oxygen atoms in total. The first-order chi connectivity index (χ1) is 5.24. The third kappa shape index (κ3) is 1.90. The Morgan fingerprint density at radius 1 is 1.36 bits per heavy atom. The summed E-state index contributed by atoms with van der Waals surface area (Å²) >= 11 is 0. The molecule has 1 aromatic rings. The van der Waals surface area contributed by atoms with Crippen LogP contribution in [0.4, 0.5) is 0 Å². The molecule has 60 valence electrons. The van der Waals surface area contributed by atoms with Crippen molar-refractivity contribution >= 4 is 0 Å². The van der Waals surface area contributed by atoms with E-state index < -0.39 is 0 Å². The number of nitrogens with zero attached hydrogens (tertiary/aromatic N) is 2.